The van der Waals surface area contributed by atoms with Gasteiger partial charge in [-0.1, -0.05) is 0 Å². The Morgan fingerprint density at radius 3 is 1.77 bits per heavy atom. The molecule has 0 atom stereocenters. The first kappa shape index (κ1) is 15.1. The molecule has 0 radical (unpaired) electrons. The van der Waals surface area contributed by atoms with Crippen LogP contribution in [0.1, 0.15) is 6.92 Å². The molecular formula is C5H11F3O4S. The number of hydrogen-bond donors (Lipinski definition) is 1. The van der Waals surface area contributed by atoms with Crippen molar-refractivity contribution >= 4 is 10.1 Å². The van der Waals surface area contributed by atoms with Crippen LogP contribution >= 0.6 is 0 Å². The van der Waals surface area contributed by atoms with Crippen LogP contribution in [0.5, 0.6) is 0 Å². The highest BCUT2D eigenvalue weighted by Crippen LogP contribution is 2.13. The molecule has 0 rings (SSSR count). The van der Waals surface area contributed by atoms with Crippen LogP contribution in [0.15, 0.2) is 0 Å². The van der Waals surface area contributed by atoms with Gasteiger partial charge in [0.05, 0.1) is 6.26 Å². The summed E-state index contributed by atoms with van der Waals surface area (Å²) in [5.74, 6) is 0. The topological polar surface area (TPSA) is 63.6 Å². The molecule has 0 bridgehead atoms. The lowest BCUT2D eigenvalue weighted by Gasteiger charge is -2.03. The maximum atomic E-state index is 11.1. The molecule has 0 spiro atoms. The minimum Gasteiger partial charge on any atom is -0.372 e. The lowest BCUT2D eigenvalue weighted by Crippen LogP contribution is -2.16. The average molecular weight is 224 g/mol. The third kappa shape index (κ3) is 50.1. The van der Waals surface area contributed by atoms with Crippen molar-refractivity contribution in [3.63, 3.8) is 0 Å². The number of ether oxygens (including phenoxy) is 1. The van der Waals surface area contributed by atoms with E-state index >= 15 is 0 Å². The summed E-state index contributed by atoms with van der Waals surface area (Å²) in [4.78, 5) is 0. The number of halogens is 3. The number of hydrogen-bond acceptors (Lipinski definition) is 3. The van der Waals surface area contributed by atoms with E-state index in [1.165, 1.54) is 6.92 Å². The Balaban J connectivity index is 0. The van der Waals surface area contributed by atoms with Crippen LogP contribution in [-0.4, -0.2) is 38.6 Å². The van der Waals surface area contributed by atoms with Gasteiger partial charge in [-0.15, -0.1) is 0 Å². The monoisotopic (exact) mass is 224 g/mol. The number of alkyl halides is 3. The lowest BCUT2D eigenvalue weighted by atomic mass is 10.7. The quantitative estimate of drug-likeness (QED) is 0.713. The molecule has 0 aromatic rings. The molecule has 82 valence electrons. The molecule has 0 heterocycles. The van der Waals surface area contributed by atoms with Crippen molar-refractivity contribution in [2.75, 3.05) is 19.5 Å². The van der Waals surface area contributed by atoms with Crippen LogP contribution < -0.4 is 0 Å². The zero-order valence-electron chi connectivity index (χ0n) is 7.13. The van der Waals surface area contributed by atoms with Gasteiger partial charge in [-0.05, 0) is 6.92 Å². The predicted octanol–water partition coefficient (Wildman–Crippen LogP) is 1.09. The Morgan fingerprint density at radius 2 is 1.69 bits per heavy atom. The first-order chi connectivity index (χ1) is 5.56. The SMILES string of the molecule is CCOCC(F)(F)F.CS(=O)(=O)O. The molecule has 0 aromatic carbocycles. The largest absolute Gasteiger partial charge is 0.411 e. The summed E-state index contributed by atoms with van der Waals surface area (Å²) >= 11 is 0. The lowest BCUT2D eigenvalue weighted by molar-refractivity contribution is -0.172. The zero-order valence-corrected chi connectivity index (χ0v) is 7.94. The highest BCUT2D eigenvalue weighted by atomic mass is 32.2. The average Bonchev–Trinajstić information content (AvgIpc) is 1.77. The molecular weight excluding hydrogens is 213 g/mol. The van der Waals surface area contributed by atoms with E-state index in [1.807, 2.05) is 0 Å². The van der Waals surface area contributed by atoms with Gasteiger partial charge in [0.1, 0.15) is 6.61 Å². The van der Waals surface area contributed by atoms with Gasteiger partial charge in [-0.25, -0.2) is 0 Å². The summed E-state index contributed by atoms with van der Waals surface area (Å²) < 4.78 is 63.3. The van der Waals surface area contributed by atoms with Crippen molar-refractivity contribution in [3.8, 4) is 0 Å². The van der Waals surface area contributed by atoms with Crippen LogP contribution in [0.25, 0.3) is 0 Å². The summed E-state index contributed by atoms with van der Waals surface area (Å²) in [6.07, 6.45) is -3.46. The summed E-state index contributed by atoms with van der Waals surface area (Å²) in [5.41, 5.74) is 0. The second kappa shape index (κ2) is 6.17. The predicted molar refractivity (Wildman–Crippen MR) is 40.0 cm³/mol. The summed E-state index contributed by atoms with van der Waals surface area (Å²) in [6.45, 7) is 0.495. The highest BCUT2D eigenvalue weighted by Gasteiger charge is 2.26. The fourth-order valence-corrected chi connectivity index (χ4v) is 0.218. The molecule has 1 N–H and O–H groups in total. The van der Waals surface area contributed by atoms with Gasteiger partial charge in [-0.3, -0.25) is 4.55 Å². The Morgan fingerprint density at radius 1 is 1.38 bits per heavy atom. The molecule has 0 aliphatic heterocycles. The van der Waals surface area contributed by atoms with E-state index in [0.717, 1.165) is 0 Å². The van der Waals surface area contributed by atoms with Crippen LogP contribution in [0.4, 0.5) is 13.2 Å². The van der Waals surface area contributed by atoms with Gasteiger partial charge in [0, 0.05) is 6.61 Å². The Labute approximate surface area is 74.4 Å². The molecule has 0 saturated heterocycles. The van der Waals surface area contributed by atoms with Crippen LogP contribution in [0.3, 0.4) is 0 Å². The molecule has 4 nitrogen and oxygen atoms in total. The van der Waals surface area contributed by atoms with Gasteiger partial charge in [-0.2, -0.15) is 21.6 Å². The van der Waals surface area contributed by atoms with Crippen molar-refractivity contribution in [1.82, 2.24) is 0 Å². The minimum absolute atomic E-state index is 0.111. The van der Waals surface area contributed by atoms with Gasteiger partial charge in [0.2, 0.25) is 0 Å². The maximum Gasteiger partial charge on any atom is 0.411 e. The Hall–Kier alpha value is -0.340. The number of rotatable bonds is 2. The van der Waals surface area contributed by atoms with Crippen LogP contribution in [0, 0.1) is 0 Å². The van der Waals surface area contributed by atoms with Crippen molar-refractivity contribution in [2.24, 2.45) is 0 Å². The Bertz CT molecular complexity index is 200. The fraction of sp³-hybridized carbons (Fsp3) is 1.00. The molecule has 0 amide bonds. The van der Waals surface area contributed by atoms with E-state index < -0.39 is 22.9 Å². The van der Waals surface area contributed by atoms with Crippen molar-refractivity contribution in [2.45, 2.75) is 13.1 Å². The fourth-order valence-electron chi connectivity index (χ4n) is 0.218. The molecule has 0 unspecified atom stereocenters. The van der Waals surface area contributed by atoms with Gasteiger partial charge >= 0.3 is 6.18 Å². The second-order valence-corrected chi connectivity index (χ2v) is 3.45. The van der Waals surface area contributed by atoms with Crippen LogP contribution in [-0.2, 0) is 14.9 Å². The Kier molecular flexibility index (Phi) is 7.18. The van der Waals surface area contributed by atoms with Gasteiger partial charge < -0.3 is 4.74 Å². The highest BCUT2D eigenvalue weighted by molar-refractivity contribution is 7.85. The van der Waals surface area contributed by atoms with E-state index in [4.69, 9.17) is 4.55 Å². The summed E-state index contributed by atoms with van der Waals surface area (Å²) in [5, 5.41) is 0. The maximum absolute atomic E-state index is 11.1. The molecule has 0 aliphatic carbocycles. The molecule has 13 heavy (non-hydrogen) atoms. The standard InChI is InChI=1S/C4H7F3O.CH4O3S/c1-2-8-3-4(5,6)7;1-5(2,3)4/h2-3H2,1H3;1H3,(H,2,3,4). The van der Waals surface area contributed by atoms with Gasteiger partial charge in [0.25, 0.3) is 10.1 Å². The molecule has 0 aliphatic rings. The molecule has 0 saturated carbocycles. The second-order valence-electron chi connectivity index (χ2n) is 1.99. The smallest absolute Gasteiger partial charge is 0.372 e. The zero-order chi connectivity index (χ0) is 11.1. The van der Waals surface area contributed by atoms with E-state index in [9.17, 15) is 21.6 Å². The summed E-state index contributed by atoms with van der Waals surface area (Å²) in [7, 11) is -3.67. The molecule has 0 fully saturated rings. The van der Waals surface area contributed by atoms with Crippen molar-refractivity contribution in [1.29, 1.82) is 0 Å². The minimum atomic E-state index is -4.17. The van der Waals surface area contributed by atoms with E-state index in [-0.39, 0.29) is 6.61 Å². The third-order valence-electron chi connectivity index (χ3n) is 0.470. The normalized spacial score (nSPS) is 11.8. The first-order valence-corrected chi connectivity index (χ1v) is 4.98. The third-order valence-corrected chi connectivity index (χ3v) is 0.470. The first-order valence-electron chi connectivity index (χ1n) is 3.13. The summed E-state index contributed by atoms with van der Waals surface area (Å²) in [6, 6.07) is 0. The molecule has 0 aromatic heterocycles. The van der Waals surface area contributed by atoms with E-state index in [2.05, 4.69) is 4.74 Å². The van der Waals surface area contributed by atoms with E-state index in [1.54, 1.807) is 0 Å². The van der Waals surface area contributed by atoms with Crippen molar-refractivity contribution in [3.05, 3.63) is 0 Å². The van der Waals surface area contributed by atoms with E-state index in [0.29, 0.717) is 6.26 Å². The van der Waals surface area contributed by atoms with Crippen molar-refractivity contribution < 1.29 is 30.9 Å². The van der Waals surface area contributed by atoms with Crippen LogP contribution in [0.2, 0.25) is 0 Å². The van der Waals surface area contributed by atoms with Gasteiger partial charge in [0.15, 0.2) is 0 Å². The molecule has 8 heteroatoms.